The second kappa shape index (κ2) is 3.44. The topological polar surface area (TPSA) is 12.0 Å². The Morgan fingerprint density at radius 2 is 2.08 bits per heavy atom. The average Bonchev–Trinajstić information content (AvgIpc) is 2.54. The van der Waals surface area contributed by atoms with Gasteiger partial charge < -0.3 is 4.98 Å². The molecule has 0 aromatic heterocycles. The molecule has 0 aliphatic carbocycles. The largest absolute Gasteiger partial charge is 0.325 e. The number of hydrogen-bond donors (Lipinski definition) is 1. The molecular formula is C9H12FNSSi. The molecule has 70 valence electrons. The van der Waals surface area contributed by atoms with E-state index >= 15 is 0 Å². The van der Waals surface area contributed by atoms with Gasteiger partial charge in [0.25, 0.3) is 0 Å². The van der Waals surface area contributed by atoms with E-state index in [9.17, 15) is 4.39 Å². The van der Waals surface area contributed by atoms with E-state index in [1.54, 1.807) is 12.1 Å². The highest BCUT2D eigenvalue weighted by Crippen LogP contribution is 2.21. The molecule has 1 aliphatic rings. The van der Waals surface area contributed by atoms with Crippen LogP contribution in [-0.4, -0.2) is 19.7 Å². The van der Waals surface area contributed by atoms with E-state index in [2.05, 4.69) is 11.5 Å². The molecule has 1 unspecified atom stereocenters. The molecule has 0 amide bonds. The highest BCUT2D eigenvalue weighted by molar-refractivity contribution is 8.30. The predicted octanol–water partition coefficient (Wildman–Crippen LogP) is 1.44. The van der Waals surface area contributed by atoms with E-state index in [1.165, 1.54) is 10.9 Å². The fourth-order valence-corrected chi connectivity index (χ4v) is 7.27. The first-order valence-electron chi connectivity index (χ1n) is 4.36. The van der Waals surface area contributed by atoms with Gasteiger partial charge in [-0.05, 0) is 30.4 Å². The van der Waals surface area contributed by atoms with Crippen LogP contribution in [0, 0.1) is 5.82 Å². The molecule has 1 aromatic carbocycles. The molecule has 0 bridgehead atoms. The fraction of sp³-hybridized carbons (Fsp3) is 0.333. The summed E-state index contributed by atoms with van der Waals surface area (Å²) in [6, 6.07) is 6.92. The molecule has 1 saturated heterocycles. The van der Waals surface area contributed by atoms with Gasteiger partial charge in [0, 0.05) is 5.75 Å². The maximum absolute atomic E-state index is 12.7. The molecule has 1 aliphatic heterocycles. The molecule has 0 radical (unpaired) electrons. The van der Waals surface area contributed by atoms with Gasteiger partial charge in [-0.1, -0.05) is 12.1 Å². The Kier molecular flexibility index (Phi) is 2.44. The molecule has 1 nitrogen and oxygen atoms in total. The van der Waals surface area contributed by atoms with Gasteiger partial charge in [-0.3, -0.25) is 0 Å². The lowest BCUT2D eigenvalue weighted by atomic mass is 10.3. The second-order valence-electron chi connectivity index (χ2n) is 3.32. The van der Waals surface area contributed by atoms with Crippen LogP contribution >= 0.6 is 11.2 Å². The minimum atomic E-state index is -1.49. The van der Waals surface area contributed by atoms with Crippen LogP contribution in [0.4, 0.5) is 4.39 Å². The lowest BCUT2D eigenvalue weighted by molar-refractivity contribution is 0.628. The van der Waals surface area contributed by atoms with E-state index in [-0.39, 0.29) is 5.82 Å². The van der Waals surface area contributed by atoms with Crippen LogP contribution in [0.3, 0.4) is 0 Å². The molecule has 1 fully saturated rings. The number of halogens is 1. The Bertz CT molecular complexity index is 295. The van der Waals surface area contributed by atoms with Gasteiger partial charge in [-0.25, -0.2) is 4.39 Å². The quantitative estimate of drug-likeness (QED) is 0.709. The van der Waals surface area contributed by atoms with Gasteiger partial charge in [-0.15, -0.1) is 0 Å². The summed E-state index contributed by atoms with van der Waals surface area (Å²) in [4.78, 5) is 3.55. The van der Waals surface area contributed by atoms with Crippen molar-refractivity contribution in [3.63, 3.8) is 0 Å². The number of rotatable bonds is 1. The first-order valence-corrected chi connectivity index (χ1v) is 8.57. The van der Waals surface area contributed by atoms with Crippen LogP contribution in [-0.2, 0) is 0 Å². The average molecular weight is 213 g/mol. The maximum atomic E-state index is 12.7. The van der Waals surface area contributed by atoms with E-state index < -0.39 is 7.38 Å². The molecule has 4 heteroatoms. The summed E-state index contributed by atoms with van der Waals surface area (Å²) in [5, 5.41) is 1.29. The second-order valence-corrected chi connectivity index (χ2v) is 10.3. The summed E-state index contributed by atoms with van der Waals surface area (Å²) < 4.78 is 12.7. The predicted molar refractivity (Wildman–Crippen MR) is 58.1 cm³/mol. The first kappa shape index (κ1) is 9.24. The maximum Gasteiger partial charge on any atom is 0.217 e. The Balaban J connectivity index is 2.29. The van der Waals surface area contributed by atoms with E-state index in [0.717, 1.165) is 6.54 Å². The van der Waals surface area contributed by atoms with Crippen LogP contribution in [0.1, 0.15) is 0 Å². The van der Waals surface area contributed by atoms with Gasteiger partial charge in [0.1, 0.15) is 5.82 Å². The van der Waals surface area contributed by atoms with Crippen LogP contribution < -0.4 is 10.2 Å². The minimum absolute atomic E-state index is 0.149. The zero-order valence-corrected chi connectivity index (χ0v) is 9.33. The third-order valence-electron chi connectivity index (χ3n) is 2.35. The summed E-state index contributed by atoms with van der Waals surface area (Å²) in [7, 11) is -1.49. The Hall–Kier alpha value is -0.323. The zero-order valence-electron chi connectivity index (χ0n) is 7.51. The monoisotopic (exact) mass is 213 g/mol. The highest BCUT2D eigenvalue weighted by atomic mass is 32.4. The number of benzene rings is 1. The minimum Gasteiger partial charge on any atom is -0.325 e. The Labute approximate surface area is 82.5 Å². The summed E-state index contributed by atoms with van der Waals surface area (Å²) in [5.74, 6) is 1.03. The van der Waals surface area contributed by atoms with E-state index in [0.29, 0.717) is 0 Å². The molecule has 13 heavy (non-hydrogen) atoms. The van der Waals surface area contributed by atoms with E-state index in [1.807, 2.05) is 23.3 Å². The lowest BCUT2D eigenvalue weighted by Crippen LogP contribution is -2.51. The van der Waals surface area contributed by atoms with Crippen LogP contribution in [0.15, 0.2) is 24.3 Å². The first-order chi connectivity index (χ1) is 6.21. The van der Waals surface area contributed by atoms with Crippen LogP contribution in [0.2, 0.25) is 6.55 Å². The lowest BCUT2D eigenvalue weighted by Gasteiger charge is -2.20. The Morgan fingerprint density at radius 1 is 1.38 bits per heavy atom. The third-order valence-corrected chi connectivity index (χ3v) is 9.18. The molecule has 1 atom stereocenters. The number of nitrogens with one attached hydrogen (secondary N) is 1. The van der Waals surface area contributed by atoms with Crippen molar-refractivity contribution in [2.24, 2.45) is 0 Å². The summed E-state index contributed by atoms with van der Waals surface area (Å²) >= 11 is 2.01. The summed E-state index contributed by atoms with van der Waals surface area (Å²) in [6.07, 6.45) is 0. The van der Waals surface area contributed by atoms with Gasteiger partial charge in [0.2, 0.25) is 7.38 Å². The van der Waals surface area contributed by atoms with E-state index in [4.69, 9.17) is 0 Å². The Morgan fingerprint density at radius 3 is 2.62 bits per heavy atom. The standard InChI is InChI=1S/C9H12FNSSi/c1-13(11-6-7-12-13)9-4-2-8(10)3-5-9/h2-5,11H,6-7H2,1H3. The van der Waals surface area contributed by atoms with Crippen molar-refractivity contribution >= 4 is 23.8 Å². The normalized spacial score (nSPS) is 27.8. The molecule has 0 saturated carbocycles. The zero-order chi connectivity index (χ0) is 9.31. The molecule has 0 spiro atoms. The van der Waals surface area contributed by atoms with Crippen molar-refractivity contribution in [1.82, 2.24) is 4.98 Å². The van der Waals surface area contributed by atoms with Crippen molar-refractivity contribution in [3.05, 3.63) is 30.1 Å². The SMILES string of the molecule is C[Si]1(c2ccc(F)cc2)NCCS1. The van der Waals surface area contributed by atoms with Crippen LogP contribution in [0.25, 0.3) is 0 Å². The third kappa shape index (κ3) is 1.80. The highest BCUT2D eigenvalue weighted by Gasteiger charge is 2.34. The van der Waals surface area contributed by atoms with Crippen LogP contribution in [0.5, 0.6) is 0 Å². The van der Waals surface area contributed by atoms with Gasteiger partial charge in [-0.2, -0.15) is 11.2 Å². The molecule has 2 rings (SSSR count). The van der Waals surface area contributed by atoms with Crippen molar-refractivity contribution in [1.29, 1.82) is 0 Å². The van der Waals surface area contributed by atoms with Crippen molar-refractivity contribution in [3.8, 4) is 0 Å². The molecule has 1 heterocycles. The van der Waals surface area contributed by atoms with Gasteiger partial charge in [0.05, 0.1) is 0 Å². The number of hydrogen-bond acceptors (Lipinski definition) is 2. The summed E-state index contributed by atoms with van der Waals surface area (Å²) in [6.45, 7) is 3.36. The molecule has 1 aromatic rings. The fourth-order valence-electron chi connectivity index (χ4n) is 1.55. The molecule has 1 N–H and O–H groups in total. The smallest absolute Gasteiger partial charge is 0.217 e. The summed E-state index contributed by atoms with van der Waals surface area (Å²) in [5.41, 5.74) is 0. The van der Waals surface area contributed by atoms with Gasteiger partial charge in [0.15, 0.2) is 0 Å². The van der Waals surface area contributed by atoms with Crippen molar-refractivity contribution in [2.45, 2.75) is 6.55 Å². The molecular weight excluding hydrogens is 201 g/mol. The van der Waals surface area contributed by atoms with Gasteiger partial charge >= 0.3 is 0 Å². The van der Waals surface area contributed by atoms with Crippen molar-refractivity contribution < 1.29 is 4.39 Å². The van der Waals surface area contributed by atoms with Crippen molar-refractivity contribution in [2.75, 3.05) is 12.3 Å².